The molecule has 0 atom stereocenters. The minimum Gasteiger partial charge on any atom is -0.352 e. The van der Waals surface area contributed by atoms with Gasteiger partial charge in [-0.2, -0.15) is 13.2 Å². The number of fused-ring (bicyclic) bond motifs is 1. The van der Waals surface area contributed by atoms with E-state index in [0.717, 1.165) is 35.9 Å². The summed E-state index contributed by atoms with van der Waals surface area (Å²) >= 11 is 0. The lowest BCUT2D eigenvalue weighted by molar-refractivity contribution is -0.138. The Balaban J connectivity index is 1.30. The SMILES string of the molecule is FC(F)(F)c1ccccc1CN1CCN(c2ncnc3c2ncn3C2CC2)CC1. The van der Waals surface area contributed by atoms with Crippen LogP contribution in [-0.4, -0.2) is 50.6 Å². The standard InChI is InChI=1S/C20H21F3N6/c21-20(22,23)16-4-2-1-3-14(16)11-27-7-9-28(10-8-27)18-17-19(25-12-24-18)29(13-26-17)15-5-6-15/h1-4,12-13,15H,5-11H2. The van der Waals surface area contributed by atoms with E-state index >= 15 is 0 Å². The number of benzene rings is 1. The van der Waals surface area contributed by atoms with Crippen LogP contribution in [0, 0.1) is 0 Å². The molecule has 152 valence electrons. The summed E-state index contributed by atoms with van der Waals surface area (Å²) in [4.78, 5) is 17.6. The van der Waals surface area contributed by atoms with Crippen LogP contribution in [0.2, 0.25) is 0 Å². The lowest BCUT2D eigenvalue weighted by Gasteiger charge is -2.35. The molecule has 0 unspecified atom stereocenters. The highest BCUT2D eigenvalue weighted by molar-refractivity contribution is 5.83. The van der Waals surface area contributed by atoms with Crippen LogP contribution in [0.15, 0.2) is 36.9 Å². The predicted molar refractivity (Wildman–Crippen MR) is 103 cm³/mol. The van der Waals surface area contributed by atoms with Gasteiger partial charge in [-0.1, -0.05) is 18.2 Å². The Morgan fingerprint density at radius 2 is 1.72 bits per heavy atom. The van der Waals surface area contributed by atoms with Crippen LogP contribution in [0.1, 0.15) is 30.0 Å². The zero-order valence-electron chi connectivity index (χ0n) is 15.8. The van der Waals surface area contributed by atoms with Crippen LogP contribution in [0.4, 0.5) is 19.0 Å². The molecule has 2 fully saturated rings. The van der Waals surface area contributed by atoms with Crippen molar-refractivity contribution in [2.45, 2.75) is 31.6 Å². The number of aromatic nitrogens is 4. The van der Waals surface area contributed by atoms with Crippen molar-refractivity contribution >= 4 is 17.0 Å². The fourth-order valence-corrected chi connectivity index (χ4v) is 3.98. The third kappa shape index (κ3) is 3.55. The van der Waals surface area contributed by atoms with Crippen molar-refractivity contribution in [3.63, 3.8) is 0 Å². The first kappa shape index (κ1) is 18.4. The van der Waals surface area contributed by atoms with Crippen molar-refractivity contribution in [3.05, 3.63) is 48.0 Å². The number of hydrogen-bond donors (Lipinski definition) is 0. The number of alkyl halides is 3. The first-order valence-corrected chi connectivity index (χ1v) is 9.80. The highest BCUT2D eigenvalue weighted by Gasteiger charge is 2.33. The topological polar surface area (TPSA) is 50.1 Å². The second-order valence-electron chi connectivity index (χ2n) is 7.67. The maximum Gasteiger partial charge on any atom is 0.416 e. The lowest BCUT2D eigenvalue weighted by atomic mass is 10.1. The molecule has 1 aromatic carbocycles. The van der Waals surface area contributed by atoms with Crippen molar-refractivity contribution in [2.75, 3.05) is 31.1 Å². The zero-order chi connectivity index (χ0) is 20.0. The third-order valence-electron chi connectivity index (χ3n) is 5.67. The predicted octanol–water partition coefficient (Wildman–Crippen LogP) is 3.50. The van der Waals surface area contributed by atoms with Gasteiger partial charge >= 0.3 is 6.18 Å². The molecule has 2 aliphatic rings. The molecule has 9 heteroatoms. The Morgan fingerprint density at radius 1 is 0.966 bits per heavy atom. The minimum absolute atomic E-state index is 0.291. The van der Waals surface area contributed by atoms with Gasteiger partial charge in [-0.25, -0.2) is 15.0 Å². The van der Waals surface area contributed by atoms with Crippen molar-refractivity contribution < 1.29 is 13.2 Å². The van der Waals surface area contributed by atoms with Crippen LogP contribution in [0.25, 0.3) is 11.2 Å². The van der Waals surface area contributed by atoms with Gasteiger partial charge < -0.3 is 9.47 Å². The van der Waals surface area contributed by atoms with E-state index in [1.165, 1.54) is 6.07 Å². The van der Waals surface area contributed by atoms with Gasteiger partial charge in [-0.05, 0) is 24.5 Å². The van der Waals surface area contributed by atoms with Crippen molar-refractivity contribution in [1.29, 1.82) is 0 Å². The molecule has 0 radical (unpaired) electrons. The summed E-state index contributed by atoms with van der Waals surface area (Å²) < 4.78 is 41.9. The Labute approximate surface area is 166 Å². The van der Waals surface area contributed by atoms with E-state index in [1.54, 1.807) is 18.5 Å². The zero-order valence-corrected chi connectivity index (χ0v) is 15.8. The Hall–Kier alpha value is -2.68. The molecule has 2 aromatic heterocycles. The average molecular weight is 402 g/mol. The van der Waals surface area contributed by atoms with Gasteiger partial charge in [0, 0.05) is 38.8 Å². The summed E-state index contributed by atoms with van der Waals surface area (Å²) in [6, 6.07) is 6.31. The minimum atomic E-state index is -4.33. The molecule has 3 heterocycles. The molecule has 6 nitrogen and oxygen atoms in total. The van der Waals surface area contributed by atoms with E-state index in [4.69, 9.17) is 0 Å². The smallest absolute Gasteiger partial charge is 0.352 e. The molecule has 1 saturated carbocycles. The van der Waals surface area contributed by atoms with E-state index in [0.29, 0.717) is 44.3 Å². The van der Waals surface area contributed by atoms with Gasteiger partial charge in [0.1, 0.15) is 6.33 Å². The second kappa shape index (κ2) is 6.98. The first-order chi connectivity index (χ1) is 14.0. The third-order valence-corrected chi connectivity index (χ3v) is 5.67. The van der Waals surface area contributed by atoms with Gasteiger partial charge in [0.25, 0.3) is 0 Å². The number of anilines is 1. The van der Waals surface area contributed by atoms with Crippen LogP contribution < -0.4 is 4.90 Å². The molecule has 5 rings (SSSR count). The van der Waals surface area contributed by atoms with Crippen molar-refractivity contribution in [2.24, 2.45) is 0 Å². The molecule has 0 bridgehead atoms. The summed E-state index contributed by atoms with van der Waals surface area (Å²) in [5.41, 5.74) is 1.43. The molecule has 1 aliphatic heterocycles. The number of rotatable bonds is 4. The van der Waals surface area contributed by atoms with Gasteiger partial charge in [-0.3, -0.25) is 4.90 Å². The quantitative estimate of drug-likeness (QED) is 0.669. The highest BCUT2D eigenvalue weighted by Crippen LogP contribution is 2.37. The maximum absolute atomic E-state index is 13.2. The summed E-state index contributed by atoms with van der Waals surface area (Å²) in [5, 5.41) is 0. The summed E-state index contributed by atoms with van der Waals surface area (Å²) in [5.74, 6) is 0.810. The van der Waals surface area contributed by atoms with Crippen LogP contribution >= 0.6 is 0 Å². The van der Waals surface area contributed by atoms with Gasteiger partial charge in [0.2, 0.25) is 0 Å². The average Bonchev–Trinajstić information content (AvgIpc) is 3.46. The molecule has 0 N–H and O–H groups in total. The molecule has 1 aliphatic carbocycles. The maximum atomic E-state index is 13.2. The number of nitrogens with zero attached hydrogens (tertiary/aromatic N) is 6. The van der Waals surface area contributed by atoms with Crippen LogP contribution in [-0.2, 0) is 12.7 Å². The second-order valence-corrected chi connectivity index (χ2v) is 7.67. The van der Waals surface area contributed by atoms with Gasteiger partial charge in [-0.15, -0.1) is 0 Å². The van der Waals surface area contributed by atoms with Gasteiger partial charge in [0.05, 0.1) is 11.9 Å². The largest absolute Gasteiger partial charge is 0.416 e. The van der Waals surface area contributed by atoms with E-state index < -0.39 is 11.7 Å². The molecule has 3 aromatic rings. The molecule has 0 spiro atoms. The molecular formula is C20H21F3N6. The normalized spacial score (nSPS) is 18.5. The molecule has 29 heavy (non-hydrogen) atoms. The number of halogens is 3. The van der Waals surface area contributed by atoms with E-state index in [9.17, 15) is 13.2 Å². The monoisotopic (exact) mass is 402 g/mol. The van der Waals surface area contributed by atoms with E-state index in [2.05, 4.69) is 29.3 Å². The number of imidazole rings is 1. The van der Waals surface area contributed by atoms with E-state index in [-0.39, 0.29) is 0 Å². The first-order valence-electron chi connectivity index (χ1n) is 9.80. The van der Waals surface area contributed by atoms with Gasteiger partial charge in [0.15, 0.2) is 17.0 Å². The van der Waals surface area contributed by atoms with Crippen LogP contribution in [0.3, 0.4) is 0 Å². The Bertz CT molecular complexity index is 1020. The molecular weight excluding hydrogens is 381 g/mol. The fourth-order valence-electron chi connectivity index (χ4n) is 3.98. The lowest BCUT2D eigenvalue weighted by Crippen LogP contribution is -2.46. The number of piperazine rings is 1. The van der Waals surface area contributed by atoms with Crippen molar-refractivity contribution in [3.8, 4) is 0 Å². The van der Waals surface area contributed by atoms with Crippen LogP contribution in [0.5, 0.6) is 0 Å². The summed E-state index contributed by atoms with van der Waals surface area (Å²) in [6.07, 6.45) is 1.39. The number of hydrogen-bond acceptors (Lipinski definition) is 5. The van der Waals surface area contributed by atoms with E-state index in [1.807, 2.05) is 6.33 Å². The summed E-state index contributed by atoms with van der Waals surface area (Å²) in [6.45, 7) is 3.01. The highest BCUT2D eigenvalue weighted by atomic mass is 19.4. The molecule has 0 amide bonds. The summed E-state index contributed by atoms with van der Waals surface area (Å²) in [7, 11) is 0. The Kier molecular flexibility index (Phi) is 4.42. The van der Waals surface area contributed by atoms with Crippen molar-refractivity contribution in [1.82, 2.24) is 24.4 Å². The Morgan fingerprint density at radius 3 is 2.45 bits per heavy atom. The molecule has 1 saturated heterocycles. The fraction of sp³-hybridized carbons (Fsp3) is 0.450.